The highest BCUT2D eigenvalue weighted by Crippen LogP contribution is 2.34. The van der Waals surface area contributed by atoms with E-state index in [4.69, 9.17) is 4.42 Å². The number of hydrogen-bond donors (Lipinski definition) is 0. The Morgan fingerprint density at radius 3 is 2.67 bits per heavy atom. The molecule has 128 valence electrons. The van der Waals surface area contributed by atoms with Gasteiger partial charge in [-0.1, -0.05) is 31.5 Å². The summed E-state index contributed by atoms with van der Waals surface area (Å²) >= 11 is 0. The fourth-order valence-corrected chi connectivity index (χ4v) is 3.80. The lowest BCUT2D eigenvalue weighted by Crippen LogP contribution is -2.43. The van der Waals surface area contributed by atoms with E-state index < -0.39 is 9.84 Å². The fraction of sp³-hybridized carbons (Fsp3) is 0.389. The number of carbonyl (C=O) groups excluding carboxylic acids is 1. The van der Waals surface area contributed by atoms with Gasteiger partial charge in [-0.15, -0.1) is 0 Å². The Balaban J connectivity index is 2.00. The van der Waals surface area contributed by atoms with Crippen molar-refractivity contribution in [3.05, 3.63) is 47.7 Å². The van der Waals surface area contributed by atoms with Gasteiger partial charge < -0.3 is 9.32 Å². The molecule has 1 aromatic carbocycles. The molecule has 1 amide bonds. The van der Waals surface area contributed by atoms with Gasteiger partial charge in [0.2, 0.25) is 14.9 Å². The molecule has 3 rings (SSSR count). The second-order valence-electron chi connectivity index (χ2n) is 6.18. The van der Waals surface area contributed by atoms with Crippen LogP contribution in [0.2, 0.25) is 0 Å². The summed E-state index contributed by atoms with van der Waals surface area (Å²) in [5.74, 6) is -0.219. The van der Waals surface area contributed by atoms with E-state index in [1.165, 1.54) is 12.1 Å². The zero-order chi connectivity index (χ0) is 17.3. The second-order valence-corrected chi connectivity index (χ2v) is 8.12. The first kappa shape index (κ1) is 16.8. The zero-order valence-electron chi connectivity index (χ0n) is 13.9. The average Bonchev–Trinajstić information content (AvgIpc) is 3.04. The Labute approximate surface area is 142 Å². The van der Waals surface area contributed by atoms with Gasteiger partial charge in [0.25, 0.3) is 5.91 Å². The van der Waals surface area contributed by atoms with Crippen molar-refractivity contribution >= 4 is 21.4 Å². The molecule has 2 heterocycles. The third-order valence-corrected chi connectivity index (χ3v) is 5.31. The van der Waals surface area contributed by atoms with E-state index in [0.717, 1.165) is 43.2 Å². The van der Waals surface area contributed by atoms with Gasteiger partial charge in [-0.05, 0) is 43.0 Å². The molecular formula is C18H21NO4S. The predicted octanol–water partition coefficient (Wildman–Crippen LogP) is 3.44. The van der Waals surface area contributed by atoms with Crippen molar-refractivity contribution in [2.45, 2.75) is 43.7 Å². The number of aryl methyl sites for hydroxylation is 1. The minimum Gasteiger partial charge on any atom is -0.440 e. The van der Waals surface area contributed by atoms with E-state index in [0.29, 0.717) is 0 Å². The molecule has 2 aromatic rings. The Kier molecular flexibility index (Phi) is 4.49. The molecule has 1 atom stereocenters. The average molecular weight is 347 g/mol. The molecule has 0 bridgehead atoms. The first-order valence-electron chi connectivity index (χ1n) is 8.13. The van der Waals surface area contributed by atoms with Gasteiger partial charge in [-0.2, -0.15) is 0 Å². The van der Waals surface area contributed by atoms with Crippen LogP contribution in [-0.4, -0.2) is 26.6 Å². The number of amides is 1. The van der Waals surface area contributed by atoms with Gasteiger partial charge in [0.05, 0.1) is 0 Å². The van der Waals surface area contributed by atoms with Crippen LogP contribution in [0.15, 0.2) is 45.9 Å². The minimum absolute atomic E-state index is 0.0632. The normalized spacial score (nSPS) is 17.6. The van der Waals surface area contributed by atoms with Gasteiger partial charge in [-0.25, -0.2) is 8.42 Å². The highest BCUT2D eigenvalue weighted by atomic mass is 32.2. The van der Waals surface area contributed by atoms with Crippen LogP contribution in [0.25, 0.3) is 0 Å². The lowest BCUT2D eigenvalue weighted by atomic mass is 9.93. The van der Waals surface area contributed by atoms with Crippen molar-refractivity contribution in [1.82, 2.24) is 0 Å². The quantitative estimate of drug-likeness (QED) is 0.849. The number of anilines is 1. The van der Waals surface area contributed by atoms with Gasteiger partial charge in [-0.3, -0.25) is 4.79 Å². The lowest BCUT2D eigenvalue weighted by Gasteiger charge is -2.36. The van der Waals surface area contributed by atoms with Gasteiger partial charge >= 0.3 is 0 Å². The van der Waals surface area contributed by atoms with E-state index >= 15 is 0 Å². The predicted molar refractivity (Wildman–Crippen MR) is 92.1 cm³/mol. The highest BCUT2D eigenvalue weighted by molar-refractivity contribution is 7.90. The van der Waals surface area contributed by atoms with E-state index in [9.17, 15) is 13.2 Å². The Bertz CT molecular complexity index is 853. The van der Waals surface area contributed by atoms with Crippen LogP contribution in [-0.2, 0) is 16.3 Å². The standard InChI is InChI=1S/C18H21NO4S/c1-3-6-14-10-9-13-7-4-5-8-15(13)19(14)18(20)16-11-12-17(23-16)24(2,21)22/h4-5,7-8,11-12,14H,3,6,9-10H2,1-2H3. The molecule has 6 heteroatoms. The molecule has 1 unspecified atom stereocenters. The summed E-state index contributed by atoms with van der Waals surface area (Å²) < 4.78 is 28.5. The number of hydrogen-bond acceptors (Lipinski definition) is 4. The summed E-state index contributed by atoms with van der Waals surface area (Å²) in [6.07, 6.45) is 4.78. The van der Waals surface area contributed by atoms with Crippen LogP contribution in [0, 0.1) is 0 Å². The number of nitrogens with zero attached hydrogens (tertiary/aromatic N) is 1. The van der Waals surface area contributed by atoms with Crippen molar-refractivity contribution < 1.29 is 17.6 Å². The Morgan fingerprint density at radius 2 is 2.00 bits per heavy atom. The van der Waals surface area contributed by atoms with Crippen LogP contribution in [0.4, 0.5) is 5.69 Å². The largest absolute Gasteiger partial charge is 0.440 e. The van der Waals surface area contributed by atoms with Crippen molar-refractivity contribution in [2.24, 2.45) is 0 Å². The zero-order valence-corrected chi connectivity index (χ0v) is 14.7. The Morgan fingerprint density at radius 1 is 1.25 bits per heavy atom. The lowest BCUT2D eigenvalue weighted by molar-refractivity contribution is 0.0939. The first-order valence-corrected chi connectivity index (χ1v) is 10.0. The maximum absolute atomic E-state index is 13.0. The van der Waals surface area contributed by atoms with Gasteiger partial charge in [0.1, 0.15) is 0 Å². The summed E-state index contributed by atoms with van der Waals surface area (Å²) in [4.78, 5) is 14.8. The molecule has 24 heavy (non-hydrogen) atoms. The fourth-order valence-electron chi connectivity index (χ4n) is 3.24. The number of furan rings is 1. The molecule has 0 aliphatic carbocycles. The van der Waals surface area contributed by atoms with Crippen LogP contribution in [0.5, 0.6) is 0 Å². The van der Waals surface area contributed by atoms with Crippen LogP contribution < -0.4 is 4.90 Å². The Hall–Kier alpha value is -2.08. The third kappa shape index (κ3) is 3.11. The highest BCUT2D eigenvalue weighted by Gasteiger charge is 2.32. The summed E-state index contributed by atoms with van der Waals surface area (Å²) in [5, 5.41) is -0.178. The smallest absolute Gasteiger partial charge is 0.294 e. The maximum Gasteiger partial charge on any atom is 0.294 e. The third-order valence-electron chi connectivity index (χ3n) is 4.36. The minimum atomic E-state index is -3.47. The number of rotatable bonds is 4. The monoisotopic (exact) mass is 347 g/mol. The van der Waals surface area contributed by atoms with Crippen LogP contribution in [0.1, 0.15) is 42.3 Å². The molecule has 0 saturated carbocycles. The SMILES string of the molecule is CCCC1CCc2ccccc2N1C(=O)c1ccc(S(C)(=O)=O)o1. The molecule has 5 nitrogen and oxygen atoms in total. The molecule has 0 fully saturated rings. The molecular weight excluding hydrogens is 326 g/mol. The summed E-state index contributed by atoms with van der Waals surface area (Å²) in [6, 6.07) is 10.7. The topological polar surface area (TPSA) is 67.6 Å². The molecule has 1 aliphatic rings. The van der Waals surface area contributed by atoms with Gasteiger partial charge in [0, 0.05) is 18.0 Å². The first-order chi connectivity index (χ1) is 11.4. The van der Waals surface area contributed by atoms with E-state index in [-0.39, 0.29) is 22.8 Å². The molecule has 0 saturated heterocycles. The molecule has 0 radical (unpaired) electrons. The van der Waals surface area contributed by atoms with E-state index in [1.807, 2.05) is 24.3 Å². The van der Waals surface area contributed by atoms with E-state index in [1.54, 1.807) is 4.90 Å². The maximum atomic E-state index is 13.0. The second kappa shape index (κ2) is 6.43. The molecule has 0 N–H and O–H groups in total. The van der Waals surface area contributed by atoms with Crippen molar-refractivity contribution in [1.29, 1.82) is 0 Å². The molecule has 1 aliphatic heterocycles. The van der Waals surface area contributed by atoms with Crippen LogP contribution in [0.3, 0.4) is 0 Å². The summed E-state index contributed by atoms with van der Waals surface area (Å²) in [7, 11) is -3.47. The van der Waals surface area contributed by atoms with Gasteiger partial charge in [0.15, 0.2) is 5.76 Å². The van der Waals surface area contributed by atoms with Crippen molar-refractivity contribution in [3.8, 4) is 0 Å². The number of carbonyl (C=O) groups is 1. The van der Waals surface area contributed by atoms with E-state index in [2.05, 4.69) is 6.92 Å². The summed E-state index contributed by atoms with van der Waals surface area (Å²) in [6.45, 7) is 2.10. The van der Waals surface area contributed by atoms with Crippen LogP contribution >= 0.6 is 0 Å². The molecule has 0 spiro atoms. The summed E-state index contributed by atoms with van der Waals surface area (Å²) in [5.41, 5.74) is 2.03. The number of sulfone groups is 1. The number of para-hydroxylation sites is 1. The number of benzene rings is 1. The van der Waals surface area contributed by atoms with Crippen molar-refractivity contribution in [3.63, 3.8) is 0 Å². The molecule has 1 aromatic heterocycles. The number of fused-ring (bicyclic) bond motifs is 1. The van der Waals surface area contributed by atoms with Crippen molar-refractivity contribution in [2.75, 3.05) is 11.2 Å².